The van der Waals surface area contributed by atoms with Gasteiger partial charge in [0.1, 0.15) is 0 Å². The fourth-order valence-corrected chi connectivity index (χ4v) is 2.40. The molecule has 0 bridgehead atoms. The number of amides is 1. The number of H-pyrrole nitrogens is 1. The summed E-state index contributed by atoms with van der Waals surface area (Å²) in [4.78, 5) is 11.8. The molecule has 1 amide bonds. The fraction of sp³-hybridized carbons (Fsp3) is 0.733. The Morgan fingerprint density at radius 2 is 2.25 bits per heavy atom. The van der Waals surface area contributed by atoms with Gasteiger partial charge in [-0.2, -0.15) is 5.10 Å². The summed E-state index contributed by atoms with van der Waals surface area (Å²) >= 11 is 0. The predicted molar refractivity (Wildman–Crippen MR) is 81.3 cm³/mol. The van der Waals surface area contributed by atoms with Crippen LogP contribution in [0.3, 0.4) is 0 Å². The summed E-state index contributed by atoms with van der Waals surface area (Å²) < 4.78 is 0. The second-order valence-corrected chi connectivity index (χ2v) is 5.91. The van der Waals surface area contributed by atoms with Gasteiger partial charge in [-0.25, -0.2) is 0 Å². The number of hydrogen-bond acceptors (Lipinski definition) is 3. The number of hydrogen-bond donors (Lipinski definition) is 3. The Balaban J connectivity index is 2.18. The summed E-state index contributed by atoms with van der Waals surface area (Å²) in [6.07, 6.45) is 5.28. The average Bonchev–Trinajstić information content (AvgIpc) is 2.79. The number of carbonyl (C=O) groups excluding carboxylic acids is 1. The molecule has 20 heavy (non-hydrogen) atoms. The molecule has 0 aliphatic carbocycles. The highest BCUT2D eigenvalue weighted by Crippen LogP contribution is 2.14. The number of nitrogens with zero attached hydrogens (tertiary/aromatic N) is 1. The Bertz CT molecular complexity index is 400. The first-order chi connectivity index (χ1) is 9.52. The van der Waals surface area contributed by atoms with E-state index in [0.29, 0.717) is 31.3 Å². The van der Waals surface area contributed by atoms with Crippen LogP contribution in [0.4, 0.5) is 0 Å². The zero-order valence-electron chi connectivity index (χ0n) is 12.9. The number of aromatic nitrogens is 2. The Morgan fingerprint density at radius 1 is 1.50 bits per heavy atom. The molecule has 0 fully saturated rings. The van der Waals surface area contributed by atoms with Crippen LogP contribution in [0.5, 0.6) is 0 Å². The van der Waals surface area contributed by atoms with E-state index in [1.54, 1.807) is 0 Å². The molecule has 0 spiro atoms. The molecule has 1 heterocycles. The normalized spacial score (nSPS) is 12.7. The van der Waals surface area contributed by atoms with Gasteiger partial charge in [0.2, 0.25) is 5.91 Å². The zero-order valence-corrected chi connectivity index (χ0v) is 12.9. The first-order valence-electron chi connectivity index (χ1n) is 7.48. The Labute approximate surface area is 121 Å². The molecule has 1 aromatic rings. The number of nitrogens with two attached hydrogens (primary N) is 1. The van der Waals surface area contributed by atoms with Gasteiger partial charge >= 0.3 is 0 Å². The number of nitrogens with one attached hydrogen (secondary N) is 2. The third-order valence-electron chi connectivity index (χ3n) is 3.49. The highest BCUT2D eigenvalue weighted by atomic mass is 16.1. The van der Waals surface area contributed by atoms with Crippen LogP contribution in [0.25, 0.3) is 0 Å². The van der Waals surface area contributed by atoms with Crippen molar-refractivity contribution in [3.8, 4) is 0 Å². The lowest BCUT2D eigenvalue weighted by atomic mass is 9.94. The van der Waals surface area contributed by atoms with Crippen molar-refractivity contribution in [1.82, 2.24) is 15.5 Å². The van der Waals surface area contributed by atoms with E-state index in [9.17, 15) is 4.79 Å². The van der Waals surface area contributed by atoms with Crippen molar-refractivity contribution in [2.45, 2.75) is 46.5 Å². The third-order valence-corrected chi connectivity index (χ3v) is 3.49. The van der Waals surface area contributed by atoms with Crippen molar-refractivity contribution in [3.05, 3.63) is 17.5 Å². The van der Waals surface area contributed by atoms with E-state index in [-0.39, 0.29) is 5.91 Å². The lowest BCUT2D eigenvalue weighted by Crippen LogP contribution is -2.29. The number of aryl methyl sites for hydroxylation is 2. The topological polar surface area (TPSA) is 83.8 Å². The summed E-state index contributed by atoms with van der Waals surface area (Å²) in [5, 5.41) is 9.88. The molecular formula is C15H28N4O. The van der Waals surface area contributed by atoms with Crippen molar-refractivity contribution >= 4 is 5.91 Å². The van der Waals surface area contributed by atoms with Crippen molar-refractivity contribution < 1.29 is 4.79 Å². The molecule has 1 rings (SSSR count). The molecule has 0 aliphatic heterocycles. The minimum absolute atomic E-state index is 0.116. The van der Waals surface area contributed by atoms with Crippen molar-refractivity contribution in [2.24, 2.45) is 17.6 Å². The van der Waals surface area contributed by atoms with E-state index in [2.05, 4.69) is 29.4 Å². The number of rotatable bonds is 9. The van der Waals surface area contributed by atoms with Gasteiger partial charge in [0.15, 0.2) is 0 Å². The van der Waals surface area contributed by atoms with E-state index in [1.165, 1.54) is 5.56 Å². The first-order valence-corrected chi connectivity index (χ1v) is 7.48. The second-order valence-electron chi connectivity index (χ2n) is 5.91. The number of aromatic amines is 1. The van der Waals surface area contributed by atoms with Gasteiger partial charge in [-0.3, -0.25) is 9.89 Å². The third kappa shape index (κ3) is 6.19. The summed E-state index contributed by atoms with van der Waals surface area (Å²) in [6, 6.07) is 0. The zero-order chi connectivity index (χ0) is 15.0. The van der Waals surface area contributed by atoms with Crippen LogP contribution in [0.1, 0.15) is 44.4 Å². The van der Waals surface area contributed by atoms with Gasteiger partial charge in [-0.15, -0.1) is 0 Å². The van der Waals surface area contributed by atoms with E-state index < -0.39 is 0 Å². The minimum Gasteiger partial charge on any atom is -0.356 e. The Morgan fingerprint density at radius 3 is 2.80 bits per heavy atom. The van der Waals surface area contributed by atoms with Gasteiger partial charge in [0.05, 0.1) is 6.20 Å². The van der Waals surface area contributed by atoms with Gasteiger partial charge < -0.3 is 11.1 Å². The quantitative estimate of drug-likeness (QED) is 0.603. The maximum absolute atomic E-state index is 11.8. The molecule has 0 saturated heterocycles. The van der Waals surface area contributed by atoms with E-state index in [1.807, 2.05) is 13.1 Å². The SMILES string of the molecule is Cc1[nH]ncc1CCCNC(=O)CC(CN)CC(C)C. The highest BCUT2D eigenvalue weighted by molar-refractivity contribution is 5.76. The maximum Gasteiger partial charge on any atom is 0.220 e. The van der Waals surface area contributed by atoms with E-state index in [4.69, 9.17) is 5.73 Å². The van der Waals surface area contributed by atoms with Crippen molar-refractivity contribution in [1.29, 1.82) is 0 Å². The summed E-state index contributed by atoms with van der Waals surface area (Å²) in [5.74, 6) is 0.997. The smallest absolute Gasteiger partial charge is 0.220 e. The molecule has 114 valence electrons. The maximum atomic E-state index is 11.8. The molecular weight excluding hydrogens is 252 g/mol. The molecule has 5 nitrogen and oxygen atoms in total. The fourth-order valence-electron chi connectivity index (χ4n) is 2.40. The van der Waals surface area contributed by atoms with E-state index >= 15 is 0 Å². The van der Waals surface area contributed by atoms with Crippen LogP contribution < -0.4 is 11.1 Å². The molecule has 1 aromatic heterocycles. The summed E-state index contributed by atoms with van der Waals surface area (Å²) in [5.41, 5.74) is 8.04. The highest BCUT2D eigenvalue weighted by Gasteiger charge is 2.13. The molecule has 0 aliphatic rings. The van der Waals surface area contributed by atoms with Gasteiger partial charge in [-0.1, -0.05) is 13.8 Å². The Kier molecular flexibility index (Phi) is 7.30. The summed E-state index contributed by atoms with van der Waals surface area (Å²) in [6.45, 7) is 7.63. The lowest BCUT2D eigenvalue weighted by Gasteiger charge is -2.16. The van der Waals surface area contributed by atoms with Crippen molar-refractivity contribution in [2.75, 3.05) is 13.1 Å². The Hall–Kier alpha value is -1.36. The van der Waals surface area contributed by atoms with Crippen LogP contribution in [-0.2, 0) is 11.2 Å². The van der Waals surface area contributed by atoms with Crippen LogP contribution >= 0.6 is 0 Å². The number of carbonyl (C=O) groups is 1. The molecule has 4 N–H and O–H groups in total. The lowest BCUT2D eigenvalue weighted by molar-refractivity contribution is -0.122. The predicted octanol–water partition coefficient (Wildman–Crippen LogP) is 1.78. The minimum atomic E-state index is 0.116. The van der Waals surface area contributed by atoms with Crippen molar-refractivity contribution in [3.63, 3.8) is 0 Å². The molecule has 0 radical (unpaired) electrons. The monoisotopic (exact) mass is 280 g/mol. The molecule has 1 unspecified atom stereocenters. The van der Waals surface area contributed by atoms with Gasteiger partial charge in [-0.05, 0) is 50.1 Å². The largest absolute Gasteiger partial charge is 0.356 e. The second kappa shape index (κ2) is 8.74. The summed E-state index contributed by atoms with van der Waals surface area (Å²) in [7, 11) is 0. The van der Waals surface area contributed by atoms with Crippen LogP contribution in [0, 0.1) is 18.8 Å². The van der Waals surface area contributed by atoms with Gasteiger partial charge in [0.25, 0.3) is 0 Å². The average molecular weight is 280 g/mol. The van der Waals surface area contributed by atoms with E-state index in [0.717, 1.165) is 25.0 Å². The first kappa shape index (κ1) is 16.7. The standard InChI is InChI=1S/C15H28N4O/c1-11(2)7-13(9-16)8-15(20)17-6-4-5-14-10-18-19-12(14)3/h10-11,13H,4-9,16H2,1-3H3,(H,17,20)(H,18,19). The molecule has 0 saturated carbocycles. The molecule has 0 aromatic carbocycles. The molecule has 1 atom stereocenters. The van der Waals surface area contributed by atoms with Crippen LogP contribution in [0.15, 0.2) is 6.20 Å². The van der Waals surface area contributed by atoms with Crippen LogP contribution in [0.2, 0.25) is 0 Å². The van der Waals surface area contributed by atoms with Gasteiger partial charge in [0, 0.05) is 18.7 Å². The molecule has 5 heteroatoms. The van der Waals surface area contributed by atoms with Crippen LogP contribution in [-0.4, -0.2) is 29.2 Å².